The molecule has 0 atom stereocenters. The van der Waals surface area contributed by atoms with Crippen LogP contribution in [0.15, 0.2) is 36.4 Å². The van der Waals surface area contributed by atoms with Gasteiger partial charge in [-0.3, -0.25) is 0 Å². The first-order valence-electron chi connectivity index (χ1n) is 9.88. The van der Waals surface area contributed by atoms with Gasteiger partial charge < -0.3 is 19.5 Å². The Morgan fingerprint density at radius 2 is 1.93 bits per heavy atom. The van der Waals surface area contributed by atoms with Gasteiger partial charge in [0, 0.05) is 38.3 Å². The van der Waals surface area contributed by atoms with Crippen molar-refractivity contribution in [3.63, 3.8) is 0 Å². The summed E-state index contributed by atoms with van der Waals surface area (Å²) in [6.45, 7) is 8.45. The first-order chi connectivity index (χ1) is 13.6. The number of benzene rings is 2. The van der Waals surface area contributed by atoms with E-state index in [1.54, 1.807) is 0 Å². The predicted octanol–water partition coefficient (Wildman–Crippen LogP) is 4.21. The number of piperazine rings is 1. The Kier molecular flexibility index (Phi) is 5.85. The van der Waals surface area contributed by atoms with Gasteiger partial charge in [0.1, 0.15) is 11.6 Å². The zero-order chi connectivity index (χ0) is 19.5. The summed E-state index contributed by atoms with van der Waals surface area (Å²) in [5.74, 6) is 1.59. The van der Waals surface area contributed by atoms with Crippen LogP contribution in [0, 0.1) is 6.92 Å². The zero-order valence-electron chi connectivity index (χ0n) is 16.5. The number of aromatic amines is 1. The number of ether oxygens (including phenoxy) is 1. The molecule has 0 amide bonds. The van der Waals surface area contributed by atoms with E-state index in [9.17, 15) is 0 Å². The number of hydrogen-bond acceptors (Lipinski definition) is 4. The molecule has 0 aliphatic carbocycles. The van der Waals surface area contributed by atoms with Crippen LogP contribution in [0.4, 0.5) is 0 Å². The van der Waals surface area contributed by atoms with Crippen molar-refractivity contribution in [2.24, 2.45) is 0 Å². The number of fused-ring (bicyclic) bond motifs is 1. The molecule has 2 heterocycles. The highest BCUT2D eigenvalue weighted by molar-refractivity contribution is 6.33. The Hall–Kier alpha value is -2.08. The molecule has 3 aromatic rings. The average molecular weight is 399 g/mol. The average Bonchev–Trinajstić information content (AvgIpc) is 3.09. The second kappa shape index (κ2) is 8.52. The summed E-state index contributed by atoms with van der Waals surface area (Å²) in [4.78, 5) is 12.9. The molecule has 4 rings (SSSR count). The smallest absolute Gasteiger partial charge is 0.140 e. The molecule has 0 bridgehead atoms. The molecule has 0 spiro atoms. The molecule has 1 N–H and O–H groups in total. The van der Waals surface area contributed by atoms with Gasteiger partial charge in [0.2, 0.25) is 0 Å². The molecule has 1 fully saturated rings. The van der Waals surface area contributed by atoms with Gasteiger partial charge in [0.25, 0.3) is 0 Å². The predicted molar refractivity (Wildman–Crippen MR) is 115 cm³/mol. The van der Waals surface area contributed by atoms with Gasteiger partial charge in [-0.05, 0) is 56.3 Å². The van der Waals surface area contributed by atoms with E-state index in [0.29, 0.717) is 11.6 Å². The molecule has 28 heavy (non-hydrogen) atoms. The Morgan fingerprint density at radius 1 is 1.11 bits per heavy atom. The third kappa shape index (κ3) is 4.49. The quantitative estimate of drug-likeness (QED) is 0.632. The number of nitrogens with one attached hydrogen (secondary N) is 1. The maximum Gasteiger partial charge on any atom is 0.140 e. The monoisotopic (exact) mass is 398 g/mol. The van der Waals surface area contributed by atoms with Crippen LogP contribution in [0.3, 0.4) is 0 Å². The number of hydrogen-bond donors (Lipinski definition) is 1. The van der Waals surface area contributed by atoms with Crippen LogP contribution in [0.5, 0.6) is 5.75 Å². The minimum atomic E-state index is 0.646. The summed E-state index contributed by atoms with van der Waals surface area (Å²) < 4.78 is 5.91. The second-order valence-electron chi connectivity index (χ2n) is 7.59. The maximum atomic E-state index is 6.52. The van der Waals surface area contributed by atoms with Crippen molar-refractivity contribution >= 4 is 22.6 Å². The topological polar surface area (TPSA) is 44.4 Å². The van der Waals surface area contributed by atoms with Gasteiger partial charge in [0.05, 0.1) is 22.7 Å². The maximum absolute atomic E-state index is 6.52. The van der Waals surface area contributed by atoms with Crippen LogP contribution < -0.4 is 4.74 Å². The third-order valence-corrected chi connectivity index (χ3v) is 5.63. The molecular formula is C22H27ClN4O. The minimum Gasteiger partial charge on any atom is -0.493 e. The second-order valence-corrected chi connectivity index (χ2v) is 8.00. The van der Waals surface area contributed by atoms with Crippen LogP contribution in [0.25, 0.3) is 22.4 Å². The van der Waals surface area contributed by atoms with Gasteiger partial charge in [0.15, 0.2) is 0 Å². The fraction of sp³-hybridized carbons (Fsp3) is 0.409. The molecule has 1 aromatic heterocycles. The molecule has 148 valence electrons. The lowest BCUT2D eigenvalue weighted by molar-refractivity contribution is 0.145. The van der Waals surface area contributed by atoms with Crippen molar-refractivity contribution < 1.29 is 4.74 Å². The summed E-state index contributed by atoms with van der Waals surface area (Å²) in [5, 5.41) is 0.646. The van der Waals surface area contributed by atoms with Gasteiger partial charge in [-0.1, -0.05) is 17.7 Å². The van der Waals surface area contributed by atoms with Crippen LogP contribution in [-0.4, -0.2) is 66.1 Å². The fourth-order valence-electron chi connectivity index (χ4n) is 3.58. The Morgan fingerprint density at radius 3 is 2.71 bits per heavy atom. The highest BCUT2D eigenvalue weighted by Crippen LogP contribution is 2.31. The van der Waals surface area contributed by atoms with Crippen LogP contribution >= 0.6 is 11.6 Å². The molecule has 6 heteroatoms. The van der Waals surface area contributed by atoms with Crippen molar-refractivity contribution in [2.75, 3.05) is 46.4 Å². The summed E-state index contributed by atoms with van der Waals surface area (Å²) in [5.41, 5.74) is 4.06. The van der Waals surface area contributed by atoms with E-state index in [2.05, 4.69) is 45.9 Å². The lowest BCUT2D eigenvalue weighted by Gasteiger charge is -2.32. The van der Waals surface area contributed by atoms with E-state index < -0.39 is 0 Å². The number of aryl methyl sites for hydroxylation is 1. The van der Waals surface area contributed by atoms with Crippen LogP contribution in [0.2, 0.25) is 5.02 Å². The van der Waals surface area contributed by atoms with Crippen molar-refractivity contribution in [3.05, 3.63) is 47.0 Å². The van der Waals surface area contributed by atoms with Crippen LogP contribution in [0.1, 0.15) is 12.0 Å². The molecule has 0 radical (unpaired) electrons. The van der Waals surface area contributed by atoms with Gasteiger partial charge >= 0.3 is 0 Å². The zero-order valence-corrected chi connectivity index (χ0v) is 17.3. The number of rotatable bonds is 6. The summed E-state index contributed by atoms with van der Waals surface area (Å²) in [6, 6.07) is 12.0. The Labute approximate surface area is 171 Å². The highest BCUT2D eigenvalue weighted by Gasteiger charge is 2.13. The lowest BCUT2D eigenvalue weighted by atomic mass is 10.2. The first kappa shape index (κ1) is 19.2. The summed E-state index contributed by atoms with van der Waals surface area (Å²) in [7, 11) is 2.18. The van der Waals surface area contributed by atoms with E-state index in [1.807, 2.05) is 24.3 Å². The number of H-pyrrole nitrogens is 1. The SMILES string of the molecule is Cc1ccc2nc(-c3ccc(OCCCN4CCN(C)CC4)cc3Cl)[nH]c2c1. The Bertz CT molecular complexity index is 947. The first-order valence-corrected chi connectivity index (χ1v) is 10.3. The van der Waals surface area contributed by atoms with E-state index in [-0.39, 0.29) is 0 Å². The van der Waals surface area contributed by atoms with Crippen molar-refractivity contribution in [1.82, 2.24) is 19.8 Å². The third-order valence-electron chi connectivity index (χ3n) is 5.32. The molecule has 1 aliphatic heterocycles. The number of halogens is 1. The summed E-state index contributed by atoms with van der Waals surface area (Å²) in [6.07, 6.45) is 1.02. The van der Waals surface area contributed by atoms with Crippen molar-refractivity contribution in [3.8, 4) is 17.1 Å². The number of likely N-dealkylation sites (N-methyl/N-ethyl adjacent to an activating group) is 1. The van der Waals surface area contributed by atoms with E-state index >= 15 is 0 Å². The lowest BCUT2D eigenvalue weighted by Crippen LogP contribution is -2.44. The van der Waals surface area contributed by atoms with Crippen molar-refractivity contribution in [2.45, 2.75) is 13.3 Å². The minimum absolute atomic E-state index is 0.646. The van der Waals surface area contributed by atoms with Gasteiger partial charge in [-0.2, -0.15) is 0 Å². The molecule has 0 unspecified atom stereocenters. The van der Waals surface area contributed by atoms with Gasteiger partial charge in [-0.15, -0.1) is 0 Å². The van der Waals surface area contributed by atoms with E-state index in [1.165, 1.54) is 5.56 Å². The van der Waals surface area contributed by atoms with E-state index in [0.717, 1.165) is 67.3 Å². The fourth-order valence-corrected chi connectivity index (χ4v) is 3.84. The molecule has 1 saturated heterocycles. The number of imidazole rings is 1. The Balaban J connectivity index is 1.34. The van der Waals surface area contributed by atoms with Crippen molar-refractivity contribution in [1.29, 1.82) is 0 Å². The molecule has 2 aromatic carbocycles. The molecule has 0 saturated carbocycles. The molecular weight excluding hydrogens is 372 g/mol. The number of aromatic nitrogens is 2. The normalized spacial score (nSPS) is 16.0. The van der Waals surface area contributed by atoms with Crippen LogP contribution in [-0.2, 0) is 0 Å². The largest absolute Gasteiger partial charge is 0.493 e. The molecule has 1 aliphatic rings. The highest BCUT2D eigenvalue weighted by atomic mass is 35.5. The summed E-state index contributed by atoms with van der Waals surface area (Å²) >= 11 is 6.52. The van der Waals surface area contributed by atoms with Gasteiger partial charge in [-0.25, -0.2) is 4.98 Å². The standard InChI is InChI=1S/C22H27ClN4O/c1-16-4-7-20-21(14-16)25-22(24-20)18-6-5-17(15-19(18)23)28-13-3-8-27-11-9-26(2)10-12-27/h4-7,14-15H,3,8-13H2,1-2H3,(H,24,25). The number of nitrogens with zero attached hydrogens (tertiary/aromatic N) is 3. The molecule has 5 nitrogen and oxygen atoms in total. The van der Waals surface area contributed by atoms with E-state index in [4.69, 9.17) is 16.3 Å².